The molecule has 0 saturated carbocycles. The lowest BCUT2D eigenvalue weighted by molar-refractivity contribution is 0.0446. The van der Waals surface area contributed by atoms with Gasteiger partial charge in [-0.1, -0.05) is 0 Å². The lowest BCUT2D eigenvalue weighted by atomic mass is 9.95. The second-order valence-electron chi connectivity index (χ2n) is 5.25. The van der Waals surface area contributed by atoms with Crippen molar-refractivity contribution >= 4 is 11.6 Å². The van der Waals surface area contributed by atoms with Gasteiger partial charge in [-0.2, -0.15) is 14.6 Å². The van der Waals surface area contributed by atoms with Gasteiger partial charge in [-0.15, -0.1) is 0 Å². The zero-order valence-electron chi connectivity index (χ0n) is 10.7. The Bertz CT molecular complexity index is 577. The first-order valence-corrected chi connectivity index (χ1v) is 6.20. The van der Waals surface area contributed by atoms with E-state index in [1.165, 1.54) is 6.33 Å². The molecule has 0 radical (unpaired) electrons. The van der Waals surface area contributed by atoms with Crippen LogP contribution < -0.4 is 4.90 Å². The molecule has 3 rings (SSSR count). The van der Waals surface area contributed by atoms with Gasteiger partial charge in [0.05, 0.1) is 5.60 Å². The third kappa shape index (κ3) is 1.92. The normalized spacial score (nSPS) is 24.7. The Morgan fingerprint density at radius 3 is 3.06 bits per heavy atom. The molecule has 0 aliphatic carbocycles. The third-order valence-electron chi connectivity index (χ3n) is 3.36. The van der Waals surface area contributed by atoms with Gasteiger partial charge in [-0.3, -0.25) is 0 Å². The molecule has 18 heavy (non-hydrogen) atoms. The predicted molar refractivity (Wildman–Crippen MR) is 67.6 cm³/mol. The number of hydrogen-bond acceptors (Lipinski definition) is 5. The number of piperidine rings is 1. The second-order valence-corrected chi connectivity index (χ2v) is 5.25. The van der Waals surface area contributed by atoms with E-state index in [1.807, 2.05) is 19.9 Å². The molecule has 1 unspecified atom stereocenters. The van der Waals surface area contributed by atoms with Gasteiger partial charge in [0.25, 0.3) is 5.78 Å². The average Bonchev–Trinajstić information content (AvgIpc) is 2.74. The van der Waals surface area contributed by atoms with E-state index in [0.29, 0.717) is 12.3 Å². The minimum atomic E-state index is -0.637. The van der Waals surface area contributed by atoms with Gasteiger partial charge < -0.3 is 10.0 Å². The summed E-state index contributed by atoms with van der Waals surface area (Å²) in [7, 11) is 0. The van der Waals surface area contributed by atoms with E-state index in [1.54, 1.807) is 4.52 Å². The molecule has 1 atom stereocenters. The van der Waals surface area contributed by atoms with Gasteiger partial charge in [0.15, 0.2) is 0 Å². The number of aromatic nitrogens is 4. The highest BCUT2D eigenvalue weighted by Gasteiger charge is 2.29. The van der Waals surface area contributed by atoms with E-state index in [9.17, 15) is 5.11 Å². The molecule has 6 nitrogen and oxygen atoms in total. The zero-order chi connectivity index (χ0) is 12.8. The molecule has 3 heterocycles. The quantitative estimate of drug-likeness (QED) is 0.806. The molecular formula is C12H17N5O. The van der Waals surface area contributed by atoms with Crippen LogP contribution in [0.1, 0.15) is 25.5 Å². The molecule has 2 aromatic rings. The highest BCUT2D eigenvalue weighted by atomic mass is 16.3. The number of nitrogens with zero attached hydrogens (tertiary/aromatic N) is 5. The monoisotopic (exact) mass is 247 g/mol. The molecular weight excluding hydrogens is 230 g/mol. The number of fused-ring (bicyclic) bond motifs is 1. The first kappa shape index (κ1) is 11.4. The maximum atomic E-state index is 10.2. The van der Waals surface area contributed by atoms with Crippen LogP contribution in [0.5, 0.6) is 0 Å². The van der Waals surface area contributed by atoms with E-state index < -0.39 is 5.60 Å². The molecule has 0 aromatic carbocycles. The first-order chi connectivity index (χ1) is 8.55. The van der Waals surface area contributed by atoms with Crippen LogP contribution in [-0.2, 0) is 0 Å². The molecule has 0 bridgehead atoms. The summed E-state index contributed by atoms with van der Waals surface area (Å²) in [6, 6.07) is 1.99. The summed E-state index contributed by atoms with van der Waals surface area (Å²) in [5.74, 6) is 1.56. The summed E-state index contributed by atoms with van der Waals surface area (Å²) in [6.07, 6.45) is 3.33. The summed E-state index contributed by atoms with van der Waals surface area (Å²) in [5.41, 5.74) is 0.276. The van der Waals surface area contributed by atoms with E-state index in [2.05, 4.69) is 20.0 Å². The maximum Gasteiger partial charge on any atom is 0.254 e. The minimum absolute atomic E-state index is 0.607. The molecule has 6 heteroatoms. The van der Waals surface area contributed by atoms with Crippen LogP contribution in [0.15, 0.2) is 12.4 Å². The van der Waals surface area contributed by atoms with E-state index in [0.717, 1.165) is 30.9 Å². The van der Waals surface area contributed by atoms with Crippen LogP contribution in [0.4, 0.5) is 5.82 Å². The summed E-state index contributed by atoms with van der Waals surface area (Å²) in [6.45, 7) is 5.37. The number of aliphatic hydroxyl groups is 1. The molecule has 0 amide bonds. The number of hydrogen-bond donors (Lipinski definition) is 1. The number of β-amino-alcohol motifs (C(OH)–C–C–N with tert-alkyl or cyclic N) is 1. The van der Waals surface area contributed by atoms with Crippen molar-refractivity contribution in [3.63, 3.8) is 0 Å². The standard InChI is InChI=1S/C12H17N5O/c1-9-6-10(17-11(15-9)13-8-14-17)16-5-3-4-12(2,18)7-16/h6,8,18H,3-5,7H2,1-2H3. The molecule has 96 valence electrons. The summed E-state index contributed by atoms with van der Waals surface area (Å²) in [4.78, 5) is 10.6. The van der Waals surface area contributed by atoms with Crippen LogP contribution in [0.2, 0.25) is 0 Å². The molecule has 1 aliphatic rings. The number of aryl methyl sites for hydroxylation is 1. The smallest absolute Gasteiger partial charge is 0.254 e. The van der Waals surface area contributed by atoms with Crippen LogP contribution in [-0.4, -0.2) is 43.4 Å². The van der Waals surface area contributed by atoms with Crippen molar-refractivity contribution in [1.29, 1.82) is 0 Å². The fourth-order valence-electron chi connectivity index (χ4n) is 2.55. The van der Waals surface area contributed by atoms with Crippen molar-refractivity contribution in [2.45, 2.75) is 32.3 Å². The number of rotatable bonds is 1. The fourth-order valence-corrected chi connectivity index (χ4v) is 2.55. The Morgan fingerprint density at radius 1 is 1.44 bits per heavy atom. The van der Waals surface area contributed by atoms with Crippen molar-refractivity contribution < 1.29 is 5.11 Å². The average molecular weight is 247 g/mol. The minimum Gasteiger partial charge on any atom is -0.388 e. The summed E-state index contributed by atoms with van der Waals surface area (Å²) >= 11 is 0. The first-order valence-electron chi connectivity index (χ1n) is 6.20. The Hall–Kier alpha value is -1.69. The van der Waals surface area contributed by atoms with Crippen LogP contribution in [0.3, 0.4) is 0 Å². The topological polar surface area (TPSA) is 66.5 Å². The predicted octanol–water partition coefficient (Wildman–Crippen LogP) is 0.784. The highest BCUT2D eigenvalue weighted by molar-refractivity contribution is 5.47. The number of anilines is 1. The molecule has 0 spiro atoms. The Kier molecular flexibility index (Phi) is 2.48. The van der Waals surface area contributed by atoms with Crippen LogP contribution in [0, 0.1) is 6.92 Å². The summed E-state index contributed by atoms with van der Waals surface area (Å²) < 4.78 is 1.73. The molecule has 1 aliphatic heterocycles. The Morgan fingerprint density at radius 2 is 2.28 bits per heavy atom. The molecule has 1 N–H and O–H groups in total. The van der Waals surface area contributed by atoms with Gasteiger partial charge in [0, 0.05) is 24.8 Å². The van der Waals surface area contributed by atoms with Crippen molar-refractivity contribution in [3.05, 3.63) is 18.1 Å². The Balaban J connectivity index is 2.05. The highest BCUT2D eigenvalue weighted by Crippen LogP contribution is 2.25. The molecule has 1 saturated heterocycles. The maximum absolute atomic E-state index is 10.2. The van der Waals surface area contributed by atoms with Crippen molar-refractivity contribution in [2.75, 3.05) is 18.0 Å². The van der Waals surface area contributed by atoms with E-state index in [4.69, 9.17) is 0 Å². The van der Waals surface area contributed by atoms with Gasteiger partial charge in [-0.05, 0) is 26.7 Å². The van der Waals surface area contributed by atoms with Gasteiger partial charge in [-0.25, -0.2) is 4.98 Å². The van der Waals surface area contributed by atoms with Crippen molar-refractivity contribution in [2.24, 2.45) is 0 Å². The third-order valence-corrected chi connectivity index (χ3v) is 3.36. The lowest BCUT2D eigenvalue weighted by Crippen LogP contribution is -2.46. The SMILES string of the molecule is Cc1cc(N2CCCC(C)(O)C2)n2ncnc2n1. The Labute approximate surface area is 105 Å². The molecule has 1 fully saturated rings. The van der Waals surface area contributed by atoms with Gasteiger partial charge in [0.1, 0.15) is 12.1 Å². The lowest BCUT2D eigenvalue weighted by Gasteiger charge is -2.38. The van der Waals surface area contributed by atoms with Crippen LogP contribution >= 0.6 is 0 Å². The van der Waals surface area contributed by atoms with Crippen molar-refractivity contribution in [1.82, 2.24) is 19.6 Å². The largest absolute Gasteiger partial charge is 0.388 e. The van der Waals surface area contributed by atoms with E-state index >= 15 is 0 Å². The molecule has 2 aromatic heterocycles. The zero-order valence-corrected chi connectivity index (χ0v) is 10.7. The van der Waals surface area contributed by atoms with Gasteiger partial charge in [0.2, 0.25) is 0 Å². The van der Waals surface area contributed by atoms with Gasteiger partial charge >= 0.3 is 0 Å². The van der Waals surface area contributed by atoms with Crippen molar-refractivity contribution in [3.8, 4) is 0 Å². The summed E-state index contributed by atoms with van der Waals surface area (Å²) in [5, 5.41) is 14.4. The van der Waals surface area contributed by atoms with Crippen LogP contribution in [0.25, 0.3) is 5.78 Å². The second kappa shape index (κ2) is 3.91. The fraction of sp³-hybridized carbons (Fsp3) is 0.583. The van der Waals surface area contributed by atoms with E-state index in [-0.39, 0.29) is 0 Å².